The zero-order valence-corrected chi connectivity index (χ0v) is 17.3. The summed E-state index contributed by atoms with van der Waals surface area (Å²) in [5.74, 6) is -0.761. The SMILES string of the molecule is COc1cc(C=C2SC(=Nc3cc(Cl)ccc3Cl)NC2=O)ccc1OCC(=O)O. The molecule has 10 heteroatoms. The van der Waals surface area contributed by atoms with Crippen LogP contribution in [0, 0.1) is 0 Å². The van der Waals surface area contributed by atoms with Gasteiger partial charge in [0.2, 0.25) is 0 Å². The van der Waals surface area contributed by atoms with Gasteiger partial charge in [-0.3, -0.25) is 4.79 Å². The smallest absolute Gasteiger partial charge is 0.341 e. The van der Waals surface area contributed by atoms with Crippen molar-refractivity contribution in [3.05, 3.63) is 56.9 Å². The summed E-state index contributed by atoms with van der Waals surface area (Å²) >= 11 is 13.2. The average molecular weight is 453 g/mol. The zero-order valence-electron chi connectivity index (χ0n) is 14.9. The molecule has 0 radical (unpaired) electrons. The maximum absolute atomic E-state index is 12.3. The fraction of sp³-hybridized carbons (Fsp3) is 0.105. The minimum atomic E-state index is -1.09. The van der Waals surface area contributed by atoms with Crippen LogP contribution in [-0.4, -0.2) is 35.9 Å². The van der Waals surface area contributed by atoms with Gasteiger partial charge in [0, 0.05) is 5.02 Å². The minimum Gasteiger partial charge on any atom is -0.493 e. The Morgan fingerprint density at radius 2 is 2.03 bits per heavy atom. The summed E-state index contributed by atoms with van der Waals surface area (Å²) in [7, 11) is 1.44. The molecule has 0 spiro atoms. The summed E-state index contributed by atoms with van der Waals surface area (Å²) in [5, 5.41) is 12.7. The molecule has 2 N–H and O–H groups in total. The Morgan fingerprint density at radius 3 is 2.76 bits per heavy atom. The molecule has 1 heterocycles. The lowest BCUT2D eigenvalue weighted by Crippen LogP contribution is -2.19. The second-order valence-electron chi connectivity index (χ2n) is 5.67. The largest absolute Gasteiger partial charge is 0.493 e. The van der Waals surface area contributed by atoms with Crippen molar-refractivity contribution in [1.82, 2.24) is 5.32 Å². The number of nitrogens with one attached hydrogen (secondary N) is 1. The molecule has 1 saturated heterocycles. The lowest BCUT2D eigenvalue weighted by atomic mass is 10.2. The molecule has 1 amide bonds. The molecule has 0 aliphatic carbocycles. The van der Waals surface area contributed by atoms with E-state index >= 15 is 0 Å². The van der Waals surface area contributed by atoms with E-state index in [0.29, 0.717) is 42.9 Å². The van der Waals surface area contributed by atoms with Gasteiger partial charge in [-0.15, -0.1) is 0 Å². The number of thioether (sulfide) groups is 1. The number of benzene rings is 2. The van der Waals surface area contributed by atoms with E-state index in [9.17, 15) is 9.59 Å². The number of rotatable bonds is 6. The van der Waals surface area contributed by atoms with Crippen LogP contribution in [0.15, 0.2) is 46.3 Å². The molecule has 3 rings (SSSR count). The fourth-order valence-corrected chi connectivity index (χ4v) is 3.51. The predicted octanol–water partition coefficient (Wildman–Crippen LogP) is 4.36. The first-order valence-electron chi connectivity index (χ1n) is 8.13. The van der Waals surface area contributed by atoms with E-state index in [1.807, 2.05) is 0 Å². The number of ether oxygens (including phenoxy) is 2. The molecule has 0 unspecified atom stereocenters. The van der Waals surface area contributed by atoms with Crippen LogP contribution in [-0.2, 0) is 9.59 Å². The molecule has 2 aromatic rings. The van der Waals surface area contributed by atoms with Gasteiger partial charge < -0.3 is 19.9 Å². The summed E-state index contributed by atoms with van der Waals surface area (Å²) in [5.41, 5.74) is 1.12. The number of aliphatic imine (C=N–C) groups is 1. The maximum atomic E-state index is 12.3. The van der Waals surface area contributed by atoms with Gasteiger partial charge in [-0.25, -0.2) is 9.79 Å². The summed E-state index contributed by atoms with van der Waals surface area (Å²) in [4.78, 5) is 27.7. The van der Waals surface area contributed by atoms with E-state index in [1.165, 1.54) is 7.11 Å². The van der Waals surface area contributed by atoms with Crippen molar-refractivity contribution in [2.75, 3.05) is 13.7 Å². The molecule has 2 aromatic carbocycles. The van der Waals surface area contributed by atoms with Crippen molar-refractivity contribution in [1.29, 1.82) is 0 Å². The number of carboxylic acids is 1. The van der Waals surface area contributed by atoms with Crippen LogP contribution in [0.3, 0.4) is 0 Å². The molecular weight excluding hydrogens is 439 g/mol. The summed E-state index contributed by atoms with van der Waals surface area (Å²) in [6.07, 6.45) is 1.66. The van der Waals surface area contributed by atoms with Crippen molar-refractivity contribution < 1.29 is 24.2 Å². The Balaban J connectivity index is 1.82. The molecule has 7 nitrogen and oxygen atoms in total. The number of carboxylic acid groups (broad SMARTS) is 1. The molecule has 1 fully saturated rings. The van der Waals surface area contributed by atoms with E-state index < -0.39 is 12.6 Å². The lowest BCUT2D eigenvalue weighted by Gasteiger charge is -2.09. The molecule has 150 valence electrons. The molecular formula is C19H14Cl2N2O5S. The van der Waals surface area contributed by atoms with Crippen LogP contribution in [0.2, 0.25) is 10.0 Å². The number of hydrogen-bond donors (Lipinski definition) is 2. The molecule has 0 aromatic heterocycles. The molecule has 0 bridgehead atoms. The van der Waals surface area contributed by atoms with Gasteiger partial charge in [0.15, 0.2) is 23.3 Å². The van der Waals surface area contributed by atoms with Crippen molar-refractivity contribution >= 4 is 63.8 Å². The van der Waals surface area contributed by atoms with Gasteiger partial charge in [-0.1, -0.05) is 29.3 Å². The van der Waals surface area contributed by atoms with Crippen molar-refractivity contribution in [3.8, 4) is 11.5 Å². The van der Waals surface area contributed by atoms with Crippen molar-refractivity contribution in [3.63, 3.8) is 0 Å². The summed E-state index contributed by atoms with van der Waals surface area (Å²) < 4.78 is 10.4. The van der Waals surface area contributed by atoms with E-state index in [2.05, 4.69) is 10.3 Å². The van der Waals surface area contributed by atoms with Crippen LogP contribution in [0.5, 0.6) is 11.5 Å². The first-order valence-corrected chi connectivity index (χ1v) is 9.70. The maximum Gasteiger partial charge on any atom is 0.341 e. The number of amidine groups is 1. The molecule has 1 aliphatic rings. The van der Waals surface area contributed by atoms with E-state index in [-0.39, 0.29) is 5.91 Å². The van der Waals surface area contributed by atoms with E-state index in [4.69, 9.17) is 37.8 Å². The minimum absolute atomic E-state index is 0.290. The van der Waals surface area contributed by atoms with Crippen molar-refractivity contribution in [2.45, 2.75) is 0 Å². The average Bonchev–Trinajstić information content (AvgIpc) is 3.02. The van der Waals surface area contributed by atoms with E-state index in [1.54, 1.807) is 42.5 Å². The molecule has 0 atom stereocenters. The van der Waals surface area contributed by atoms with Crippen LogP contribution >= 0.6 is 35.0 Å². The topological polar surface area (TPSA) is 97.2 Å². The number of carbonyl (C=O) groups excluding carboxylic acids is 1. The monoisotopic (exact) mass is 452 g/mol. The number of hydrogen-bond acceptors (Lipinski definition) is 6. The number of nitrogens with zero attached hydrogens (tertiary/aromatic N) is 1. The number of halogens is 2. The van der Waals surface area contributed by atoms with Crippen LogP contribution in [0.25, 0.3) is 6.08 Å². The Bertz CT molecular complexity index is 1040. The Hall–Kier alpha value is -2.68. The first kappa shape index (κ1) is 21.0. The number of carbonyl (C=O) groups is 2. The van der Waals surface area contributed by atoms with Gasteiger partial charge in [0.05, 0.1) is 22.7 Å². The molecule has 0 saturated carbocycles. The highest BCUT2D eigenvalue weighted by Crippen LogP contribution is 2.34. The zero-order chi connectivity index (χ0) is 21.0. The normalized spacial score (nSPS) is 16.2. The Labute approximate surface area is 180 Å². The molecule has 1 aliphatic heterocycles. The highest BCUT2D eigenvalue weighted by atomic mass is 35.5. The predicted molar refractivity (Wildman–Crippen MR) is 113 cm³/mol. The van der Waals surface area contributed by atoms with Crippen LogP contribution < -0.4 is 14.8 Å². The van der Waals surface area contributed by atoms with Gasteiger partial charge in [0.25, 0.3) is 5.91 Å². The number of aliphatic carboxylic acids is 1. The number of methoxy groups -OCH3 is 1. The van der Waals surface area contributed by atoms with Crippen LogP contribution in [0.4, 0.5) is 5.69 Å². The van der Waals surface area contributed by atoms with Gasteiger partial charge in [-0.05, 0) is 53.7 Å². The van der Waals surface area contributed by atoms with Gasteiger partial charge >= 0.3 is 5.97 Å². The number of amides is 1. The highest BCUT2D eigenvalue weighted by molar-refractivity contribution is 8.18. The second-order valence-corrected chi connectivity index (χ2v) is 7.54. The highest BCUT2D eigenvalue weighted by Gasteiger charge is 2.24. The second kappa shape index (κ2) is 9.21. The third-order valence-electron chi connectivity index (χ3n) is 3.62. The van der Waals surface area contributed by atoms with Crippen LogP contribution in [0.1, 0.15) is 5.56 Å². The fourth-order valence-electron chi connectivity index (χ4n) is 2.35. The van der Waals surface area contributed by atoms with Gasteiger partial charge in [-0.2, -0.15) is 0 Å². The quantitative estimate of drug-likeness (QED) is 0.631. The van der Waals surface area contributed by atoms with E-state index in [0.717, 1.165) is 11.8 Å². The standard InChI is InChI=1S/C19H14Cl2N2O5S/c1-27-15-6-10(2-5-14(15)28-9-17(24)25)7-16-18(26)23-19(29-16)22-13-8-11(20)3-4-12(13)21/h2-8H,9H2,1H3,(H,24,25)(H,22,23,26). The lowest BCUT2D eigenvalue weighted by molar-refractivity contribution is -0.139. The van der Waals surface area contributed by atoms with Crippen molar-refractivity contribution in [2.24, 2.45) is 4.99 Å². The van der Waals surface area contributed by atoms with Gasteiger partial charge in [0.1, 0.15) is 0 Å². The third-order valence-corrected chi connectivity index (χ3v) is 5.08. The summed E-state index contributed by atoms with van der Waals surface area (Å²) in [6, 6.07) is 9.78. The molecule has 29 heavy (non-hydrogen) atoms. The Kier molecular flexibility index (Phi) is 6.68. The third kappa shape index (κ3) is 5.44. The first-order chi connectivity index (χ1) is 13.9. The summed E-state index contributed by atoms with van der Waals surface area (Å²) in [6.45, 7) is -0.485. The Morgan fingerprint density at radius 1 is 1.24 bits per heavy atom.